The van der Waals surface area contributed by atoms with Gasteiger partial charge < -0.3 is 10.1 Å². The molecule has 2 aromatic carbocycles. The Hall–Kier alpha value is -3.24. The van der Waals surface area contributed by atoms with Crippen molar-refractivity contribution in [2.75, 3.05) is 26.7 Å². The van der Waals surface area contributed by atoms with Crippen LogP contribution in [0.3, 0.4) is 0 Å². The Morgan fingerprint density at radius 1 is 1.23 bits per heavy atom. The fourth-order valence-corrected chi connectivity index (χ4v) is 2.68. The van der Waals surface area contributed by atoms with Crippen LogP contribution in [-0.2, 0) is 17.5 Å². The highest BCUT2D eigenvalue weighted by molar-refractivity contribution is 5.78. The highest BCUT2D eigenvalue weighted by atomic mass is 19.4. The zero-order valence-corrected chi connectivity index (χ0v) is 16.6. The fourth-order valence-electron chi connectivity index (χ4n) is 2.68. The maximum absolute atomic E-state index is 12.7. The molecule has 0 aromatic heterocycles. The molecular formula is C23H23F3N2O2. The zero-order chi connectivity index (χ0) is 22.0. The second-order valence-electron chi connectivity index (χ2n) is 6.46. The molecule has 2 aromatic rings. The van der Waals surface area contributed by atoms with E-state index >= 15 is 0 Å². The summed E-state index contributed by atoms with van der Waals surface area (Å²) in [6, 6.07) is 12.3. The molecule has 0 aliphatic carbocycles. The Balaban J connectivity index is 1.87. The van der Waals surface area contributed by atoms with E-state index < -0.39 is 11.7 Å². The van der Waals surface area contributed by atoms with Gasteiger partial charge >= 0.3 is 6.18 Å². The number of halogens is 3. The molecule has 0 saturated heterocycles. The smallest absolute Gasteiger partial charge is 0.416 e. The minimum Gasteiger partial charge on any atom is -0.497 e. The van der Waals surface area contributed by atoms with E-state index in [-0.39, 0.29) is 24.6 Å². The van der Waals surface area contributed by atoms with Gasteiger partial charge in [0.2, 0.25) is 5.91 Å². The average molecular weight is 416 g/mol. The monoisotopic (exact) mass is 416 g/mol. The number of carbonyl (C=O) groups is 1. The molecule has 0 aliphatic heterocycles. The van der Waals surface area contributed by atoms with Gasteiger partial charge in [0.1, 0.15) is 5.75 Å². The largest absolute Gasteiger partial charge is 0.497 e. The number of benzene rings is 2. The van der Waals surface area contributed by atoms with Crippen LogP contribution >= 0.6 is 0 Å². The molecular weight excluding hydrogens is 393 g/mol. The second-order valence-corrected chi connectivity index (χ2v) is 6.46. The summed E-state index contributed by atoms with van der Waals surface area (Å²) in [6.45, 7) is 4.98. The summed E-state index contributed by atoms with van der Waals surface area (Å²) in [5, 5.41) is 2.66. The van der Waals surface area contributed by atoms with Gasteiger partial charge in [0.05, 0.1) is 25.8 Å². The fraction of sp³-hybridized carbons (Fsp3) is 0.261. The van der Waals surface area contributed by atoms with Gasteiger partial charge in [-0.3, -0.25) is 9.69 Å². The Kier molecular flexibility index (Phi) is 8.51. The first kappa shape index (κ1) is 23.0. The van der Waals surface area contributed by atoms with Crippen molar-refractivity contribution in [1.29, 1.82) is 0 Å². The molecule has 2 rings (SSSR count). The summed E-state index contributed by atoms with van der Waals surface area (Å²) in [5.74, 6) is 5.84. The van der Waals surface area contributed by atoms with Crippen LogP contribution in [0.15, 0.2) is 61.2 Å². The Bertz CT molecular complexity index is 913. The Labute approximate surface area is 174 Å². The summed E-state index contributed by atoms with van der Waals surface area (Å²) in [4.78, 5) is 14.1. The lowest BCUT2D eigenvalue weighted by Crippen LogP contribution is -2.37. The second kappa shape index (κ2) is 11.1. The summed E-state index contributed by atoms with van der Waals surface area (Å²) in [7, 11) is 1.60. The average Bonchev–Trinajstić information content (AvgIpc) is 2.71. The van der Waals surface area contributed by atoms with Crippen LogP contribution in [0.1, 0.15) is 16.7 Å². The predicted molar refractivity (Wildman–Crippen MR) is 110 cm³/mol. The van der Waals surface area contributed by atoms with E-state index in [1.807, 2.05) is 29.2 Å². The van der Waals surface area contributed by atoms with Crippen molar-refractivity contribution in [1.82, 2.24) is 10.2 Å². The summed E-state index contributed by atoms with van der Waals surface area (Å²) in [5.41, 5.74) is 0.513. The maximum atomic E-state index is 12.7. The van der Waals surface area contributed by atoms with Crippen LogP contribution < -0.4 is 10.1 Å². The summed E-state index contributed by atoms with van der Waals surface area (Å²) < 4.78 is 43.3. The summed E-state index contributed by atoms with van der Waals surface area (Å²) >= 11 is 0. The van der Waals surface area contributed by atoms with E-state index in [9.17, 15) is 18.0 Å². The molecule has 0 bridgehead atoms. The number of methoxy groups -OCH3 is 1. The number of amides is 1. The van der Waals surface area contributed by atoms with E-state index in [0.29, 0.717) is 13.1 Å². The molecule has 0 saturated carbocycles. The van der Waals surface area contributed by atoms with Crippen molar-refractivity contribution in [3.05, 3.63) is 77.9 Å². The van der Waals surface area contributed by atoms with Crippen molar-refractivity contribution in [3.63, 3.8) is 0 Å². The number of hydrogen-bond donors (Lipinski definition) is 1. The minimum atomic E-state index is -4.41. The number of nitrogens with zero attached hydrogens (tertiary/aromatic N) is 1. The van der Waals surface area contributed by atoms with E-state index in [1.165, 1.54) is 12.1 Å². The molecule has 4 nitrogen and oxygen atoms in total. The van der Waals surface area contributed by atoms with Crippen molar-refractivity contribution >= 4 is 5.91 Å². The molecule has 1 amide bonds. The lowest BCUT2D eigenvalue weighted by molar-refractivity contribution is -0.137. The van der Waals surface area contributed by atoms with Crippen molar-refractivity contribution in [3.8, 4) is 17.6 Å². The third kappa shape index (κ3) is 7.64. The number of ether oxygens (including phenoxy) is 1. The van der Waals surface area contributed by atoms with Gasteiger partial charge in [-0.25, -0.2) is 0 Å². The third-order valence-electron chi connectivity index (χ3n) is 4.12. The quantitative estimate of drug-likeness (QED) is 0.525. The van der Waals surface area contributed by atoms with E-state index in [1.54, 1.807) is 13.2 Å². The van der Waals surface area contributed by atoms with Crippen molar-refractivity contribution in [2.24, 2.45) is 0 Å². The van der Waals surface area contributed by atoms with Gasteiger partial charge in [-0.15, -0.1) is 6.58 Å². The summed E-state index contributed by atoms with van der Waals surface area (Å²) in [6.07, 6.45) is -2.70. The van der Waals surface area contributed by atoms with Crippen molar-refractivity contribution < 1.29 is 22.7 Å². The molecule has 0 heterocycles. The molecule has 30 heavy (non-hydrogen) atoms. The van der Waals surface area contributed by atoms with E-state index in [0.717, 1.165) is 23.4 Å². The Morgan fingerprint density at radius 2 is 1.97 bits per heavy atom. The third-order valence-corrected chi connectivity index (χ3v) is 4.12. The number of alkyl halides is 3. The SMILES string of the molecule is C=CCN(CC(=O)NCC#Cc1cccc(C(F)(F)F)c1)Cc1ccc(OC)cc1. The van der Waals surface area contributed by atoms with Crippen LogP contribution in [0.2, 0.25) is 0 Å². The topological polar surface area (TPSA) is 41.6 Å². The van der Waals surface area contributed by atoms with Crippen molar-refractivity contribution in [2.45, 2.75) is 12.7 Å². The molecule has 1 N–H and O–H groups in total. The molecule has 0 unspecified atom stereocenters. The number of rotatable bonds is 8. The predicted octanol–water partition coefficient (Wildman–Crippen LogP) is 3.87. The lowest BCUT2D eigenvalue weighted by atomic mass is 10.1. The zero-order valence-electron chi connectivity index (χ0n) is 16.6. The van der Waals surface area contributed by atoms with Gasteiger partial charge in [-0.05, 0) is 35.9 Å². The van der Waals surface area contributed by atoms with Crippen LogP contribution in [0.25, 0.3) is 0 Å². The van der Waals surface area contributed by atoms with Gasteiger partial charge in [-0.1, -0.05) is 36.1 Å². The van der Waals surface area contributed by atoms with Crippen LogP contribution in [-0.4, -0.2) is 37.6 Å². The van der Waals surface area contributed by atoms with Gasteiger partial charge in [0.15, 0.2) is 0 Å². The van der Waals surface area contributed by atoms with Gasteiger partial charge in [0.25, 0.3) is 0 Å². The first-order valence-electron chi connectivity index (χ1n) is 9.21. The first-order chi connectivity index (χ1) is 14.3. The standard InChI is InChI=1S/C23H23F3N2O2/c1-3-14-28(16-19-9-11-21(30-2)12-10-19)17-22(29)27-13-5-7-18-6-4-8-20(15-18)23(24,25)26/h3-4,6,8-12,15H,1,13-14,16-17H2,2H3,(H,27,29). The number of nitrogens with one attached hydrogen (secondary N) is 1. The van der Waals surface area contributed by atoms with E-state index in [2.05, 4.69) is 23.7 Å². The van der Waals surface area contributed by atoms with Crippen LogP contribution in [0.5, 0.6) is 5.75 Å². The highest BCUT2D eigenvalue weighted by Crippen LogP contribution is 2.29. The molecule has 7 heteroatoms. The maximum Gasteiger partial charge on any atom is 0.416 e. The van der Waals surface area contributed by atoms with Gasteiger partial charge in [-0.2, -0.15) is 13.2 Å². The molecule has 0 aliphatic rings. The molecule has 0 atom stereocenters. The number of hydrogen-bond acceptors (Lipinski definition) is 3. The molecule has 0 radical (unpaired) electrons. The molecule has 158 valence electrons. The lowest BCUT2D eigenvalue weighted by Gasteiger charge is -2.20. The Morgan fingerprint density at radius 3 is 2.60 bits per heavy atom. The van der Waals surface area contributed by atoms with Crippen LogP contribution in [0, 0.1) is 11.8 Å². The highest BCUT2D eigenvalue weighted by Gasteiger charge is 2.30. The first-order valence-corrected chi connectivity index (χ1v) is 9.21. The van der Waals surface area contributed by atoms with Gasteiger partial charge in [0, 0.05) is 18.7 Å². The van der Waals surface area contributed by atoms with Crippen LogP contribution in [0.4, 0.5) is 13.2 Å². The number of carbonyl (C=O) groups excluding carboxylic acids is 1. The molecule has 0 fully saturated rings. The van der Waals surface area contributed by atoms with E-state index in [4.69, 9.17) is 4.74 Å². The normalized spacial score (nSPS) is 10.8. The minimum absolute atomic E-state index is 0.0412. The molecule has 0 spiro atoms.